The lowest BCUT2D eigenvalue weighted by molar-refractivity contribution is -0.120. The molecule has 0 radical (unpaired) electrons. The molecule has 0 atom stereocenters. The molecule has 0 bridgehead atoms. The van der Waals surface area contributed by atoms with Crippen molar-refractivity contribution in [2.45, 2.75) is 6.42 Å². The van der Waals surface area contributed by atoms with E-state index in [1.807, 2.05) is 42.8 Å². The fraction of sp³-hybridized carbons (Fsp3) is 0.286. The molecule has 6 heteroatoms. The fourth-order valence-electron chi connectivity index (χ4n) is 1.81. The van der Waals surface area contributed by atoms with Crippen LogP contribution in [0.25, 0.3) is 0 Å². The molecule has 0 spiro atoms. The highest BCUT2D eigenvalue weighted by molar-refractivity contribution is 7.13. The minimum absolute atomic E-state index is 0.0308. The number of nitrogens with zero attached hydrogens (tertiary/aromatic N) is 2. The summed E-state index contributed by atoms with van der Waals surface area (Å²) in [7, 11) is 2.00. The molecule has 0 aliphatic carbocycles. The predicted molar refractivity (Wildman–Crippen MR) is 83.0 cm³/mol. The summed E-state index contributed by atoms with van der Waals surface area (Å²) in [5, 5.41) is 5.19. The molecule has 1 heterocycles. The summed E-state index contributed by atoms with van der Waals surface area (Å²) in [5.41, 5.74) is 7.38. The molecule has 2 aromatic rings. The SMILES string of the molecule is CN(CCNC(=O)Cc1csc(N)n1)c1ccccc1. The Morgan fingerprint density at radius 1 is 1.40 bits per heavy atom. The molecule has 106 valence electrons. The van der Waals surface area contributed by atoms with Gasteiger partial charge in [-0.3, -0.25) is 4.79 Å². The van der Waals surface area contributed by atoms with Crippen molar-refractivity contribution in [2.24, 2.45) is 0 Å². The van der Waals surface area contributed by atoms with Crippen molar-refractivity contribution in [3.05, 3.63) is 41.4 Å². The molecule has 0 aliphatic rings. The van der Waals surface area contributed by atoms with Crippen LogP contribution in [-0.2, 0) is 11.2 Å². The number of likely N-dealkylation sites (N-methyl/N-ethyl adjacent to an activating group) is 1. The first kappa shape index (κ1) is 14.3. The number of amides is 1. The Labute approximate surface area is 122 Å². The number of nitrogen functional groups attached to an aromatic ring is 1. The summed E-state index contributed by atoms with van der Waals surface area (Å²) in [6.07, 6.45) is 0.281. The van der Waals surface area contributed by atoms with Crippen molar-refractivity contribution in [1.29, 1.82) is 0 Å². The van der Waals surface area contributed by atoms with Crippen molar-refractivity contribution >= 4 is 28.1 Å². The number of hydrogen-bond donors (Lipinski definition) is 2. The largest absolute Gasteiger partial charge is 0.375 e. The lowest BCUT2D eigenvalue weighted by Gasteiger charge is -2.19. The standard InChI is InChI=1S/C14H18N4OS/c1-18(12-5-3-2-4-6-12)8-7-16-13(19)9-11-10-20-14(15)17-11/h2-6,10H,7-9H2,1H3,(H2,15,17)(H,16,19). The van der Waals surface area contributed by atoms with E-state index >= 15 is 0 Å². The summed E-state index contributed by atoms with van der Waals surface area (Å²) in [5.74, 6) is -0.0308. The molecule has 0 saturated carbocycles. The molecule has 1 aromatic heterocycles. The average Bonchev–Trinajstić information content (AvgIpc) is 2.85. The Kier molecular flexibility index (Phi) is 4.95. The van der Waals surface area contributed by atoms with Crippen LogP contribution in [0.15, 0.2) is 35.7 Å². The summed E-state index contributed by atoms with van der Waals surface area (Å²) >= 11 is 1.35. The molecule has 1 aromatic carbocycles. The third-order valence-corrected chi connectivity index (χ3v) is 3.60. The zero-order chi connectivity index (χ0) is 14.4. The van der Waals surface area contributed by atoms with Crippen LogP contribution in [0.4, 0.5) is 10.8 Å². The van der Waals surface area contributed by atoms with E-state index in [-0.39, 0.29) is 12.3 Å². The van der Waals surface area contributed by atoms with E-state index < -0.39 is 0 Å². The zero-order valence-electron chi connectivity index (χ0n) is 11.4. The van der Waals surface area contributed by atoms with E-state index in [0.717, 1.165) is 17.9 Å². The molecule has 5 nitrogen and oxygen atoms in total. The molecule has 3 N–H and O–H groups in total. The lowest BCUT2D eigenvalue weighted by Crippen LogP contribution is -2.33. The number of rotatable bonds is 6. The Morgan fingerprint density at radius 2 is 2.15 bits per heavy atom. The van der Waals surface area contributed by atoms with Crippen molar-refractivity contribution < 1.29 is 4.79 Å². The third kappa shape index (κ3) is 4.24. The van der Waals surface area contributed by atoms with Crippen LogP contribution < -0.4 is 16.0 Å². The Morgan fingerprint density at radius 3 is 2.80 bits per heavy atom. The predicted octanol–water partition coefficient (Wildman–Crippen LogP) is 1.52. The van der Waals surface area contributed by atoms with Crippen LogP contribution in [0, 0.1) is 0 Å². The summed E-state index contributed by atoms with van der Waals surface area (Å²) in [6.45, 7) is 1.36. The van der Waals surface area contributed by atoms with Crippen molar-refractivity contribution in [1.82, 2.24) is 10.3 Å². The number of anilines is 2. The average molecular weight is 290 g/mol. The molecule has 0 unspecified atom stereocenters. The van der Waals surface area contributed by atoms with Gasteiger partial charge in [-0.2, -0.15) is 0 Å². The summed E-state index contributed by atoms with van der Waals surface area (Å²) < 4.78 is 0. The van der Waals surface area contributed by atoms with Gasteiger partial charge in [0.2, 0.25) is 5.91 Å². The highest BCUT2D eigenvalue weighted by Gasteiger charge is 2.06. The number of thiazole rings is 1. The normalized spacial score (nSPS) is 10.2. The van der Waals surface area contributed by atoms with Crippen LogP contribution in [0.1, 0.15) is 5.69 Å². The maximum atomic E-state index is 11.7. The maximum Gasteiger partial charge on any atom is 0.226 e. The Bertz CT molecular complexity index is 555. The number of para-hydroxylation sites is 1. The van der Waals surface area contributed by atoms with Gasteiger partial charge in [0.15, 0.2) is 5.13 Å². The number of carbonyl (C=O) groups excluding carboxylic acids is 1. The van der Waals surface area contributed by atoms with Crippen LogP contribution >= 0.6 is 11.3 Å². The second-order valence-electron chi connectivity index (χ2n) is 4.46. The second-order valence-corrected chi connectivity index (χ2v) is 5.35. The van der Waals surface area contributed by atoms with Crippen LogP contribution in [0.3, 0.4) is 0 Å². The van der Waals surface area contributed by atoms with Gasteiger partial charge in [-0.05, 0) is 12.1 Å². The van der Waals surface area contributed by atoms with Gasteiger partial charge in [0, 0.05) is 31.2 Å². The first-order valence-electron chi connectivity index (χ1n) is 6.38. The molecule has 20 heavy (non-hydrogen) atoms. The van der Waals surface area contributed by atoms with Gasteiger partial charge in [0.1, 0.15) is 0 Å². The van der Waals surface area contributed by atoms with E-state index in [9.17, 15) is 4.79 Å². The monoisotopic (exact) mass is 290 g/mol. The zero-order valence-corrected chi connectivity index (χ0v) is 12.2. The summed E-state index contributed by atoms with van der Waals surface area (Å²) in [6, 6.07) is 10.1. The van der Waals surface area contributed by atoms with Crippen LogP contribution in [0.2, 0.25) is 0 Å². The Hall–Kier alpha value is -2.08. The molecule has 2 rings (SSSR count). The number of nitrogens with two attached hydrogens (primary N) is 1. The van der Waals surface area contributed by atoms with E-state index in [4.69, 9.17) is 5.73 Å². The topological polar surface area (TPSA) is 71.2 Å². The van der Waals surface area contributed by atoms with Gasteiger partial charge >= 0.3 is 0 Å². The van der Waals surface area contributed by atoms with E-state index in [0.29, 0.717) is 11.7 Å². The number of carbonyl (C=O) groups is 1. The molecular weight excluding hydrogens is 272 g/mol. The van der Waals surface area contributed by atoms with Gasteiger partial charge < -0.3 is 16.0 Å². The quantitative estimate of drug-likeness (QED) is 0.846. The fourth-order valence-corrected chi connectivity index (χ4v) is 2.37. The second kappa shape index (κ2) is 6.91. The van der Waals surface area contributed by atoms with Gasteiger partial charge in [-0.15, -0.1) is 11.3 Å². The summed E-state index contributed by atoms with van der Waals surface area (Å²) in [4.78, 5) is 17.9. The highest BCUT2D eigenvalue weighted by Crippen LogP contribution is 2.11. The van der Waals surface area contributed by atoms with Gasteiger partial charge in [0.05, 0.1) is 12.1 Å². The molecule has 0 aliphatic heterocycles. The minimum Gasteiger partial charge on any atom is -0.375 e. The molecule has 1 amide bonds. The van der Waals surface area contributed by atoms with E-state index in [2.05, 4.69) is 15.2 Å². The first-order valence-corrected chi connectivity index (χ1v) is 7.26. The molecule has 0 saturated heterocycles. The van der Waals surface area contributed by atoms with Crippen LogP contribution in [-0.4, -0.2) is 31.0 Å². The van der Waals surface area contributed by atoms with Crippen molar-refractivity contribution in [3.8, 4) is 0 Å². The smallest absolute Gasteiger partial charge is 0.226 e. The number of hydrogen-bond acceptors (Lipinski definition) is 5. The number of nitrogens with one attached hydrogen (secondary N) is 1. The Balaban J connectivity index is 1.71. The third-order valence-electron chi connectivity index (χ3n) is 2.88. The molecular formula is C14H18N4OS. The molecule has 0 fully saturated rings. The van der Waals surface area contributed by atoms with Crippen LogP contribution in [0.5, 0.6) is 0 Å². The highest BCUT2D eigenvalue weighted by atomic mass is 32.1. The van der Waals surface area contributed by atoms with Crippen molar-refractivity contribution in [2.75, 3.05) is 30.8 Å². The van der Waals surface area contributed by atoms with Gasteiger partial charge in [-0.25, -0.2) is 4.98 Å². The lowest BCUT2D eigenvalue weighted by atomic mass is 10.3. The number of aromatic nitrogens is 1. The van der Waals surface area contributed by atoms with Gasteiger partial charge in [0.25, 0.3) is 0 Å². The van der Waals surface area contributed by atoms with Gasteiger partial charge in [-0.1, -0.05) is 18.2 Å². The maximum absolute atomic E-state index is 11.7. The number of benzene rings is 1. The first-order chi connectivity index (χ1) is 9.65. The van der Waals surface area contributed by atoms with E-state index in [1.165, 1.54) is 11.3 Å². The van der Waals surface area contributed by atoms with E-state index in [1.54, 1.807) is 0 Å². The van der Waals surface area contributed by atoms with Crippen molar-refractivity contribution in [3.63, 3.8) is 0 Å². The minimum atomic E-state index is -0.0308.